The van der Waals surface area contributed by atoms with Crippen LogP contribution in [-0.2, 0) is 9.59 Å². The van der Waals surface area contributed by atoms with Crippen molar-refractivity contribution in [3.05, 3.63) is 0 Å². The average Bonchev–Trinajstić information content (AvgIpc) is 2.68. The number of carbonyl (C=O) groups excluding carboxylic acids is 2. The number of unbranched alkanes of at least 4 members (excludes halogenated alkanes) is 4. The molecule has 0 aliphatic heterocycles. The van der Waals surface area contributed by atoms with E-state index in [1.54, 1.807) is 46.9 Å². The number of nitrogens with zero attached hydrogens (tertiary/aromatic N) is 2. The Hall–Kier alpha value is -0.341. The third kappa shape index (κ3) is 25.8. The van der Waals surface area contributed by atoms with Crippen molar-refractivity contribution in [2.75, 3.05) is 28.2 Å². The number of carboxylic acids is 2. The molecule has 0 amide bonds. The SMILES string of the molecule is CCCCC(C(=O)[O-])N(C)C.CCCCC(C(=O)[O-])N(C)C.CCC[CH2][Sn+2][CH2]CCC. The van der Waals surface area contributed by atoms with E-state index in [2.05, 4.69) is 13.8 Å². The number of rotatable bonds is 16. The number of hydrogen-bond acceptors (Lipinski definition) is 6. The molecule has 0 aromatic rings. The van der Waals surface area contributed by atoms with Crippen molar-refractivity contribution < 1.29 is 19.8 Å². The second kappa shape index (κ2) is 25.9. The van der Waals surface area contributed by atoms with E-state index in [1.165, 1.54) is 25.7 Å². The van der Waals surface area contributed by atoms with Crippen LogP contribution in [0.4, 0.5) is 0 Å². The van der Waals surface area contributed by atoms with Crippen LogP contribution in [0, 0.1) is 0 Å². The van der Waals surface area contributed by atoms with Crippen LogP contribution in [0.1, 0.15) is 91.9 Å². The van der Waals surface area contributed by atoms with Gasteiger partial charge in [-0.15, -0.1) is 0 Å². The molecule has 0 rings (SSSR count). The first kappa shape index (κ1) is 35.3. The van der Waals surface area contributed by atoms with Gasteiger partial charge in [-0.1, -0.05) is 39.5 Å². The Balaban J connectivity index is -0.000000382. The first-order valence-electron chi connectivity index (χ1n) is 12.1. The van der Waals surface area contributed by atoms with Gasteiger partial charge in [0.05, 0.1) is 11.9 Å². The number of carboxylic acid groups (broad SMARTS) is 2. The maximum absolute atomic E-state index is 10.5. The second-order valence-electron chi connectivity index (χ2n) is 8.34. The molecule has 0 saturated heterocycles. The summed E-state index contributed by atoms with van der Waals surface area (Å²) in [6.07, 6.45) is 11.1. The van der Waals surface area contributed by atoms with Crippen molar-refractivity contribution in [1.29, 1.82) is 0 Å². The third-order valence-electron chi connectivity index (χ3n) is 4.87. The summed E-state index contributed by atoms with van der Waals surface area (Å²) in [5.74, 6) is -1.94. The Kier molecular flexibility index (Phi) is 29.5. The van der Waals surface area contributed by atoms with Crippen LogP contribution in [0.5, 0.6) is 0 Å². The minimum atomic E-state index is -0.969. The van der Waals surface area contributed by atoms with E-state index in [0.29, 0.717) is 12.8 Å². The molecule has 0 saturated carbocycles. The van der Waals surface area contributed by atoms with Crippen LogP contribution >= 0.6 is 0 Å². The summed E-state index contributed by atoms with van der Waals surface area (Å²) in [5.41, 5.74) is 0. The molecule has 0 spiro atoms. The average molecular weight is 549 g/mol. The fraction of sp³-hybridized carbons (Fsp3) is 0.917. The fourth-order valence-electron chi connectivity index (χ4n) is 2.70. The van der Waals surface area contributed by atoms with Crippen LogP contribution in [0.2, 0.25) is 8.87 Å². The van der Waals surface area contributed by atoms with Crippen molar-refractivity contribution in [1.82, 2.24) is 9.80 Å². The second-order valence-corrected chi connectivity index (χ2v) is 12.6. The predicted molar refractivity (Wildman–Crippen MR) is 129 cm³/mol. The Bertz CT molecular complexity index is 371. The van der Waals surface area contributed by atoms with Gasteiger partial charge in [0.1, 0.15) is 0 Å². The van der Waals surface area contributed by atoms with E-state index in [-0.39, 0.29) is 21.1 Å². The first-order chi connectivity index (χ1) is 14.6. The third-order valence-corrected chi connectivity index (χ3v) is 8.90. The zero-order valence-electron chi connectivity index (χ0n) is 21.7. The number of hydrogen-bond donors (Lipinski definition) is 0. The molecular formula is C24H50N2O4Sn. The fourth-order valence-corrected chi connectivity index (χ4v) is 6.86. The molecule has 0 aliphatic rings. The summed E-state index contributed by atoms with van der Waals surface area (Å²) in [7, 11) is 7.04. The molecule has 0 aromatic carbocycles. The van der Waals surface area contributed by atoms with Crippen molar-refractivity contribution in [2.24, 2.45) is 0 Å². The van der Waals surface area contributed by atoms with Gasteiger partial charge in [0, 0.05) is 12.1 Å². The minimum absolute atomic E-state index is 0.149. The van der Waals surface area contributed by atoms with E-state index in [0.717, 1.165) is 25.7 Å². The molecule has 31 heavy (non-hydrogen) atoms. The summed E-state index contributed by atoms with van der Waals surface area (Å²) in [6.45, 7) is 8.67. The van der Waals surface area contributed by atoms with Crippen LogP contribution in [-0.4, -0.2) is 83.2 Å². The van der Waals surface area contributed by atoms with Gasteiger partial charge >= 0.3 is 69.5 Å². The monoisotopic (exact) mass is 550 g/mol. The molecular weight excluding hydrogens is 499 g/mol. The van der Waals surface area contributed by atoms with Crippen LogP contribution in [0.15, 0.2) is 0 Å². The molecule has 0 aromatic heterocycles. The zero-order chi connectivity index (χ0) is 24.7. The maximum atomic E-state index is 10.5. The normalized spacial score (nSPS) is 12.2. The zero-order valence-corrected chi connectivity index (χ0v) is 24.5. The van der Waals surface area contributed by atoms with E-state index in [4.69, 9.17) is 0 Å². The van der Waals surface area contributed by atoms with E-state index < -0.39 is 24.0 Å². The summed E-state index contributed by atoms with van der Waals surface area (Å²) in [6, 6.07) is -0.843. The van der Waals surface area contributed by atoms with Crippen LogP contribution in [0.25, 0.3) is 0 Å². The quantitative estimate of drug-likeness (QED) is 0.218. The van der Waals surface area contributed by atoms with Gasteiger partial charge in [0.25, 0.3) is 0 Å². The van der Waals surface area contributed by atoms with Crippen LogP contribution in [0.3, 0.4) is 0 Å². The molecule has 0 radical (unpaired) electrons. The Morgan fingerprint density at radius 3 is 1.13 bits per heavy atom. The van der Waals surface area contributed by atoms with Crippen molar-refractivity contribution in [3.63, 3.8) is 0 Å². The van der Waals surface area contributed by atoms with E-state index in [1.807, 2.05) is 13.8 Å². The van der Waals surface area contributed by atoms with Gasteiger partial charge in [0.2, 0.25) is 0 Å². The topological polar surface area (TPSA) is 86.7 Å². The van der Waals surface area contributed by atoms with Gasteiger partial charge in [-0.3, -0.25) is 0 Å². The molecule has 6 nitrogen and oxygen atoms in total. The van der Waals surface area contributed by atoms with Gasteiger partial charge in [-0.2, -0.15) is 0 Å². The number of carbonyl (C=O) groups is 2. The molecule has 0 heterocycles. The van der Waals surface area contributed by atoms with Gasteiger partial charge < -0.3 is 29.6 Å². The summed E-state index contributed by atoms with van der Waals surface area (Å²) in [5, 5.41) is 21.0. The van der Waals surface area contributed by atoms with Gasteiger partial charge in [-0.05, 0) is 41.0 Å². The summed E-state index contributed by atoms with van der Waals surface area (Å²) >= 11 is 0.149. The Morgan fingerprint density at radius 2 is 0.935 bits per heavy atom. The first-order valence-corrected chi connectivity index (χ1v) is 16.1. The Labute approximate surface area is 203 Å². The summed E-state index contributed by atoms with van der Waals surface area (Å²) < 4.78 is 3.25. The number of aliphatic carboxylic acids is 2. The van der Waals surface area contributed by atoms with Gasteiger partial charge in [-0.25, -0.2) is 0 Å². The molecule has 184 valence electrons. The molecule has 0 bridgehead atoms. The van der Waals surface area contributed by atoms with E-state index in [9.17, 15) is 19.8 Å². The molecule has 7 heteroatoms. The van der Waals surface area contributed by atoms with Crippen molar-refractivity contribution in [2.45, 2.75) is 113 Å². The van der Waals surface area contributed by atoms with Crippen molar-refractivity contribution in [3.8, 4) is 0 Å². The molecule has 0 fully saturated rings. The summed E-state index contributed by atoms with van der Waals surface area (Å²) in [4.78, 5) is 24.4. The van der Waals surface area contributed by atoms with E-state index >= 15 is 0 Å². The molecule has 2 unspecified atom stereocenters. The van der Waals surface area contributed by atoms with Gasteiger partial charge in [0.15, 0.2) is 0 Å². The molecule has 2 atom stereocenters. The van der Waals surface area contributed by atoms with Crippen LogP contribution < -0.4 is 10.2 Å². The molecule has 0 aliphatic carbocycles. The predicted octanol–water partition coefficient (Wildman–Crippen LogP) is 2.84. The standard InChI is InChI=1S/2C8H17NO2.2C4H9.Sn/c2*1-4-5-6-7(8(10)11)9(2)3;2*1-3-4-2;/h2*7H,4-6H2,1-3H3,(H,10,11);2*1,3-4H2,2H3;/q;;;;+2/p-2. The Morgan fingerprint density at radius 1 is 0.645 bits per heavy atom. The van der Waals surface area contributed by atoms with Crippen molar-refractivity contribution >= 4 is 33.1 Å². The molecule has 0 N–H and O–H groups in total. The number of likely N-dealkylation sites (N-methyl/N-ethyl adjacent to an activating group) is 2.